The fraction of sp³-hybridized carbons (Fsp3) is 0.455. The molecule has 2 fully saturated rings. The Morgan fingerprint density at radius 1 is 1.47 bits per heavy atom. The number of rotatable bonds is 2. The van der Waals surface area contributed by atoms with Gasteiger partial charge in [-0.1, -0.05) is 6.07 Å². The lowest BCUT2D eigenvalue weighted by Gasteiger charge is -2.23. The zero-order valence-corrected chi connectivity index (χ0v) is 9.11. The van der Waals surface area contributed by atoms with Gasteiger partial charge in [-0.15, -0.1) is 11.8 Å². The number of amides is 1. The van der Waals surface area contributed by atoms with Gasteiger partial charge in [0.05, 0.1) is 5.75 Å². The quantitative estimate of drug-likeness (QED) is 0.762. The fourth-order valence-corrected chi connectivity index (χ4v) is 3.19. The first-order chi connectivity index (χ1) is 7.36. The molecule has 0 radical (unpaired) electrons. The van der Waals surface area contributed by atoms with Crippen molar-refractivity contribution in [3.8, 4) is 0 Å². The van der Waals surface area contributed by atoms with Crippen molar-refractivity contribution in [3.05, 3.63) is 30.1 Å². The van der Waals surface area contributed by atoms with Crippen molar-refractivity contribution in [2.45, 2.75) is 24.3 Å². The topological polar surface area (TPSA) is 33.2 Å². The third-order valence-electron chi connectivity index (χ3n) is 2.82. The number of hydrogen-bond acceptors (Lipinski definition) is 3. The minimum Gasteiger partial charge on any atom is -0.323 e. The van der Waals surface area contributed by atoms with Crippen LogP contribution in [0.5, 0.6) is 0 Å². The van der Waals surface area contributed by atoms with Crippen LogP contribution in [0.3, 0.4) is 0 Å². The summed E-state index contributed by atoms with van der Waals surface area (Å²) in [5.74, 6) is 0.909. The molecule has 1 atom stereocenters. The Kier molecular flexibility index (Phi) is 2.16. The summed E-state index contributed by atoms with van der Waals surface area (Å²) in [5, 5.41) is 0.207. The molecule has 0 N–H and O–H groups in total. The van der Waals surface area contributed by atoms with Gasteiger partial charge in [-0.3, -0.25) is 9.78 Å². The molecule has 2 aliphatic rings. The molecular formula is C11H12N2OS. The smallest absolute Gasteiger partial charge is 0.234 e. The first kappa shape index (κ1) is 9.21. The summed E-state index contributed by atoms with van der Waals surface area (Å²) >= 11 is 1.72. The van der Waals surface area contributed by atoms with E-state index in [4.69, 9.17) is 0 Å². The molecule has 0 bridgehead atoms. The molecule has 1 unspecified atom stereocenters. The molecule has 1 aromatic heterocycles. The number of pyridine rings is 1. The van der Waals surface area contributed by atoms with Gasteiger partial charge < -0.3 is 4.90 Å². The SMILES string of the molecule is O=C1CSC(c2cccnc2)N1C1CC1. The van der Waals surface area contributed by atoms with Crippen LogP contribution in [-0.4, -0.2) is 27.6 Å². The Hall–Kier alpha value is -1.03. The van der Waals surface area contributed by atoms with E-state index in [1.165, 1.54) is 12.8 Å². The summed E-state index contributed by atoms with van der Waals surface area (Å²) in [5.41, 5.74) is 1.15. The van der Waals surface area contributed by atoms with Crippen molar-refractivity contribution in [3.63, 3.8) is 0 Å². The maximum Gasteiger partial charge on any atom is 0.234 e. The van der Waals surface area contributed by atoms with E-state index in [2.05, 4.69) is 11.1 Å². The third-order valence-corrected chi connectivity index (χ3v) is 4.04. The van der Waals surface area contributed by atoms with E-state index in [-0.39, 0.29) is 11.3 Å². The zero-order valence-electron chi connectivity index (χ0n) is 8.30. The number of carbonyl (C=O) groups is 1. The van der Waals surface area contributed by atoms with Crippen LogP contribution < -0.4 is 0 Å². The lowest BCUT2D eigenvalue weighted by atomic mass is 10.2. The van der Waals surface area contributed by atoms with E-state index in [0.29, 0.717) is 11.8 Å². The minimum atomic E-state index is 0.207. The minimum absolute atomic E-state index is 0.207. The monoisotopic (exact) mass is 220 g/mol. The van der Waals surface area contributed by atoms with Crippen molar-refractivity contribution < 1.29 is 4.79 Å². The van der Waals surface area contributed by atoms with Gasteiger partial charge >= 0.3 is 0 Å². The van der Waals surface area contributed by atoms with E-state index in [9.17, 15) is 4.79 Å². The van der Waals surface area contributed by atoms with Crippen LogP contribution in [-0.2, 0) is 4.79 Å². The lowest BCUT2D eigenvalue weighted by molar-refractivity contribution is -0.128. The maximum absolute atomic E-state index is 11.7. The Morgan fingerprint density at radius 2 is 2.33 bits per heavy atom. The summed E-state index contributed by atoms with van der Waals surface area (Å²) in [6, 6.07) is 4.49. The number of hydrogen-bond donors (Lipinski definition) is 0. The van der Waals surface area contributed by atoms with Gasteiger partial charge in [-0.2, -0.15) is 0 Å². The van der Waals surface area contributed by atoms with Gasteiger partial charge in [-0.05, 0) is 18.9 Å². The van der Waals surface area contributed by atoms with Gasteiger partial charge in [0.1, 0.15) is 5.37 Å². The molecular weight excluding hydrogens is 208 g/mol. The second-order valence-corrected chi connectivity index (χ2v) is 5.05. The van der Waals surface area contributed by atoms with Crippen LogP contribution in [0.2, 0.25) is 0 Å². The highest BCUT2D eigenvalue weighted by atomic mass is 32.2. The molecule has 4 heteroatoms. The number of carbonyl (C=O) groups excluding carboxylic acids is 1. The highest BCUT2D eigenvalue weighted by Gasteiger charge is 2.42. The van der Waals surface area contributed by atoms with E-state index < -0.39 is 0 Å². The number of aromatic nitrogens is 1. The molecule has 3 rings (SSSR count). The molecule has 1 aliphatic heterocycles. The second kappa shape index (κ2) is 3.52. The Morgan fingerprint density at radius 3 is 3.00 bits per heavy atom. The highest BCUT2D eigenvalue weighted by Crippen LogP contribution is 2.44. The van der Waals surface area contributed by atoms with Crippen molar-refractivity contribution >= 4 is 17.7 Å². The predicted molar refractivity (Wildman–Crippen MR) is 59.3 cm³/mol. The molecule has 78 valence electrons. The second-order valence-electron chi connectivity index (χ2n) is 3.98. The van der Waals surface area contributed by atoms with Crippen LogP contribution in [0.25, 0.3) is 0 Å². The van der Waals surface area contributed by atoms with Crippen LogP contribution in [0.4, 0.5) is 0 Å². The molecule has 1 aromatic rings. The third kappa shape index (κ3) is 1.63. The summed E-state index contributed by atoms with van der Waals surface area (Å²) < 4.78 is 0. The summed E-state index contributed by atoms with van der Waals surface area (Å²) in [6.45, 7) is 0. The van der Waals surface area contributed by atoms with E-state index >= 15 is 0 Å². The lowest BCUT2D eigenvalue weighted by Crippen LogP contribution is -2.30. The van der Waals surface area contributed by atoms with E-state index in [0.717, 1.165) is 5.56 Å². The molecule has 0 spiro atoms. The number of nitrogens with zero attached hydrogens (tertiary/aromatic N) is 2. The summed E-state index contributed by atoms with van der Waals surface area (Å²) in [4.78, 5) is 17.9. The summed E-state index contributed by atoms with van der Waals surface area (Å²) in [6.07, 6.45) is 5.98. The first-order valence-corrected chi connectivity index (χ1v) is 6.24. The summed E-state index contributed by atoms with van der Waals surface area (Å²) in [7, 11) is 0. The van der Waals surface area contributed by atoms with Crippen LogP contribution in [0, 0.1) is 0 Å². The largest absolute Gasteiger partial charge is 0.323 e. The Balaban J connectivity index is 1.89. The normalized spacial score (nSPS) is 26.0. The molecule has 1 saturated carbocycles. The molecule has 1 aliphatic carbocycles. The van der Waals surface area contributed by atoms with Gasteiger partial charge in [0, 0.05) is 24.0 Å². The molecule has 1 saturated heterocycles. The highest BCUT2D eigenvalue weighted by molar-refractivity contribution is 8.00. The standard InChI is InChI=1S/C11H12N2OS/c14-10-7-15-11(13(10)9-3-4-9)8-2-1-5-12-6-8/h1-2,5-6,9,11H,3-4,7H2. The molecule has 0 aromatic carbocycles. The van der Waals surface area contributed by atoms with Crippen molar-refractivity contribution in [2.75, 3.05) is 5.75 Å². The van der Waals surface area contributed by atoms with Crippen LogP contribution in [0.15, 0.2) is 24.5 Å². The number of thioether (sulfide) groups is 1. The van der Waals surface area contributed by atoms with Gasteiger partial charge in [0.2, 0.25) is 5.91 Å². The molecule has 3 nitrogen and oxygen atoms in total. The van der Waals surface area contributed by atoms with Crippen LogP contribution in [0.1, 0.15) is 23.8 Å². The molecule has 15 heavy (non-hydrogen) atoms. The predicted octanol–water partition coefficient (Wildman–Crippen LogP) is 1.82. The molecule has 1 amide bonds. The van der Waals surface area contributed by atoms with Gasteiger partial charge in [0.25, 0.3) is 0 Å². The van der Waals surface area contributed by atoms with Gasteiger partial charge in [-0.25, -0.2) is 0 Å². The first-order valence-electron chi connectivity index (χ1n) is 5.19. The molecule has 2 heterocycles. The Bertz CT molecular complexity index is 377. The average Bonchev–Trinajstić information content (AvgIpc) is 3.03. The fourth-order valence-electron chi connectivity index (χ4n) is 1.96. The van der Waals surface area contributed by atoms with Crippen molar-refractivity contribution in [1.82, 2.24) is 9.88 Å². The van der Waals surface area contributed by atoms with Crippen molar-refractivity contribution in [2.24, 2.45) is 0 Å². The van der Waals surface area contributed by atoms with E-state index in [1.807, 2.05) is 17.2 Å². The van der Waals surface area contributed by atoms with Crippen molar-refractivity contribution in [1.29, 1.82) is 0 Å². The maximum atomic E-state index is 11.7. The van der Waals surface area contributed by atoms with E-state index in [1.54, 1.807) is 18.0 Å². The van der Waals surface area contributed by atoms with Gasteiger partial charge in [0.15, 0.2) is 0 Å². The zero-order chi connectivity index (χ0) is 10.3. The average molecular weight is 220 g/mol. The van der Waals surface area contributed by atoms with Crippen LogP contribution >= 0.6 is 11.8 Å². The Labute approximate surface area is 92.9 Å².